The van der Waals surface area contributed by atoms with Gasteiger partial charge in [0.1, 0.15) is 0 Å². The van der Waals surface area contributed by atoms with E-state index in [0.29, 0.717) is 0 Å². The zero-order valence-electron chi connectivity index (χ0n) is 38.6. The van der Waals surface area contributed by atoms with E-state index in [1.54, 1.807) is 0 Å². The summed E-state index contributed by atoms with van der Waals surface area (Å²) in [5, 5.41) is 4.82. The summed E-state index contributed by atoms with van der Waals surface area (Å²) in [4.78, 5) is 2.55. The van der Waals surface area contributed by atoms with Gasteiger partial charge in [-0.3, -0.25) is 0 Å². The quantitative estimate of drug-likeness (QED) is 0.131. The van der Waals surface area contributed by atoms with E-state index < -0.39 is 5.41 Å². The van der Waals surface area contributed by atoms with Crippen molar-refractivity contribution in [3.8, 4) is 55.6 Å². The zero-order valence-corrected chi connectivity index (χ0v) is 38.6. The monoisotopic (exact) mass is 889 g/mol. The van der Waals surface area contributed by atoms with E-state index in [-0.39, 0.29) is 0 Å². The average Bonchev–Trinajstić information content (AvgIpc) is 3.75. The molecular formula is C69H47N. The van der Waals surface area contributed by atoms with E-state index in [9.17, 15) is 0 Å². The minimum atomic E-state index is -0.574. The van der Waals surface area contributed by atoms with Crippen molar-refractivity contribution in [1.29, 1.82) is 0 Å². The maximum Gasteiger partial charge on any atom is 0.0714 e. The van der Waals surface area contributed by atoms with E-state index in [4.69, 9.17) is 0 Å². The number of anilines is 3. The van der Waals surface area contributed by atoms with Gasteiger partial charge in [-0.2, -0.15) is 0 Å². The Balaban J connectivity index is 1.12. The smallest absolute Gasteiger partial charge is 0.0714 e. The molecular weight excluding hydrogens is 843 g/mol. The summed E-state index contributed by atoms with van der Waals surface area (Å²) < 4.78 is 0. The highest BCUT2D eigenvalue weighted by molar-refractivity contribution is 6.23. The van der Waals surface area contributed by atoms with Gasteiger partial charge in [0.05, 0.1) is 11.1 Å². The molecule has 13 rings (SSSR count). The molecule has 0 N–H and O–H groups in total. The Labute approximate surface area is 409 Å². The minimum absolute atomic E-state index is 0.574. The van der Waals surface area contributed by atoms with Crippen molar-refractivity contribution in [2.45, 2.75) is 5.41 Å². The molecule has 0 saturated heterocycles. The summed E-state index contributed by atoms with van der Waals surface area (Å²) in [6.07, 6.45) is 0. The van der Waals surface area contributed by atoms with Crippen LogP contribution < -0.4 is 4.90 Å². The van der Waals surface area contributed by atoms with Gasteiger partial charge in [0, 0.05) is 22.3 Å². The van der Waals surface area contributed by atoms with E-state index in [1.165, 1.54) is 93.9 Å². The summed E-state index contributed by atoms with van der Waals surface area (Å²) in [6, 6.07) is 105. The lowest BCUT2D eigenvalue weighted by molar-refractivity contribution is 0.768. The molecule has 0 unspecified atom stereocenters. The largest absolute Gasteiger partial charge is 0.309 e. The molecule has 0 aliphatic heterocycles. The van der Waals surface area contributed by atoms with Gasteiger partial charge in [-0.05, 0) is 113 Å². The second-order valence-corrected chi connectivity index (χ2v) is 18.3. The lowest BCUT2D eigenvalue weighted by Crippen LogP contribution is -2.28. The Kier molecular flexibility index (Phi) is 10.1. The van der Waals surface area contributed by atoms with Gasteiger partial charge >= 0.3 is 0 Å². The summed E-state index contributed by atoms with van der Waals surface area (Å²) >= 11 is 0. The molecule has 0 radical (unpaired) electrons. The third-order valence-electron chi connectivity index (χ3n) is 14.6. The molecule has 328 valence electrons. The van der Waals surface area contributed by atoms with Gasteiger partial charge < -0.3 is 4.90 Å². The molecule has 1 aliphatic rings. The van der Waals surface area contributed by atoms with Crippen molar-refractivity contribution in [2.75, 3.05) is 4.90 Å². The van der Waals surface area contributed by atoms with Gasteiger partial charge in [-0.25, -0.2) is 0 Å². The molecule has 0 bridgehead atoms. The third kappa shape index (κ3) is 6.62. The second kappa shape index (κ2) is 17.2. The third-order valence-corrected chi connectivity index (χ3v) is 14.6. The second-order valence-electron chi connectivity index (χ2n) is 18.3. The van der Waals surface area contributed by atoms with Crippen molar-refractivity contribution in [3.63, 3.8) is 0 Å². The van der Waals surface area contributed by atoms with Crippen LogP contribution in [0.1, 0.15) is 22.3 Å². The van der Waals surface area contributed by atoms with Crippen LogP contribution in [-0.4, -0.2) is 0 Å². The highest BCUT2D eigenvalue weighted by atomic mass is 15.1. The molecule has 1 heteroatoms. The van der Waals surface area contributed by atoms with Crippen LogP contribution in [0.25, 0.3) is 77.2 Å². The van der Waals surface area contributed by atoms with Crippen molar-refractivity contribution in [3.05, 3.63) is 307 Å². The summed E-state index contributed by atoms with van der Waals surface area (Å²) in [5.41, 5.74) is 19.8. The molecule has 0 saturated carbocycles. The van der Waals surface area contributed by atoms with Crippen LogP contribution in [0, 0.1) is 0 Å². The predicted molar refractivity (Wildman–Crippen MR) is 295 cm³/mol. The van der Waals surface area contributed by atoms with Gasteiger partial charge in [0.25, 0.3) is 0 Å². The van der Waals surface area contributed by atoms with Gasteiger partial charge in [0.2, 0.25) is 0 Å². The Hall–Kier alpha value is -9.04. The normalized spacial score (nSPS) is 12.4. The molecule has 1 aliphatic carbocycles. The summed E-state index contributed by atoms with van der Waals surface area (Å²) in [5.74, 6) is 0. The fourth-order valence-corrected chi connectivity index (χ4v) is 11.6. The maximum atomic E-state index is 2.55. The molecule has 1 nitrogen and oxygen atoms in total. The zero-order chi connectivity index (χ0) is 46.4. The number of hydrogen-bond acceptors (Lipinski definition) is 1. The van der Waals surface area contributed by atoms with Crippen LogP contribution in [0.5, 0.6) is 0 Å². The van der Waals surface area contributed by atoms with E-state index in [2.05, 4.69) is 290 Å². The van der Waals surface area contributed by atoms with Crippen LogP contribution in [0.4, 0.5) is 17.1 Å². The summed E-state index contributed by atoms with van der Waals surface area (Å²) in [6.45, 7) is 0. The first kappa shape index (κ1) is 41.2. The van der Waals surface area contributed by atoms with Gasteiger partial charge in [-0.1, -0.05) is 261 Å². The molecule has 0 heterocycles. The molecule has 70 heavy (non-hydrogen) atoms. The Morgan fingerprint density at radius 2 is 0.643 bits per heavy atom. The van der Waals surface area contributed by atoms with E-state index >= 15 is 0 Å². The highest BCUT2D eigenvalue weighted by Gasteiger charge is 2.46. The number of benzene rings is 12. The highest BCUT2D eigenvalue weighted by Crippen LogP contribution is 2.57. The number of nitrogens with zero attached hydrogens (tertiary/aromatic N) is 1. The van der Waals surface area contributed by atoms with E-state index in [1.807, 2.05) is 0 Å². The lowest BCUT2D eigenvalue weighted by atomic mass is 9.67. The van der Waals surface area contributed by atoms with Crippen molar-refractivity contribution in [1.82, 2.24) is 0 Å². The van der Waals surface area contributed by atoms with E-state index in [0.717, 1.165) is 22.6 Å². The fraction of sp³-hybridized carbons (Fsp3) is 0.0145. The van der Waals surface area contributed by atoms with Crippen molar-refractivity contribution < 1.29 is 0 Å². The number of hydrogen-bond donors (Lipinski definition) is 0. The van der Waals surface area contributed by atoms with Crippen molar-refractivity contribution in [2.24, 2.45) is 0 Å². The van der Waals surface area contributed by atoms with Crippen LogP contribution in [-0.2, 0) is 5.41 Å². The lowest BCUT2D eigenvalue weighted by Gasteiger charge is -2.36. The summed E-state index contributed by atoms with van der Waals surface area (Å²) in [7, 11) is 0. The number of fused-ring (bicyclic) bond motifs is 6. The molecule has 12 aromatic rings. The van der Waals surface area contributed by atoms with Crippen LogP contribution in [0.2, 0.25) is 0 Å². The van der Waals surface area contributed by atoms with Gasteiger partial charge in [-0.15, -0.1) is 0 Å². The fourth-order valence-electron chi connectivity index (χ4n) is 11.6. The standard InChI is InChI=1S/C69H47N/c1-4-23-48(24-5-1)55-31-10-11-32-56(55)50-43-45-53(46-44-50)70(54-30-22-29-52(47-54)69(51-27-8-3-9-28-51)65-41-20-18-36-60(65)61-37-19-21-42-66(61)69)68-64-40-17-14-35-59(64)58-34-13-16-39-63(58)67(68)62-38-15-12-33-57(62)49-25-6-2-7-26-49/h1-47H. The minimum Gasteiger partial charge on any atom is -0.309 e. The Morgan fingerprint density at radius 3 is 1.21 bits per heavy atom. The SMILES string of the molecule is c1ccc(-c2ccccc2-c2ccc(N(c3cccc(C4(c5ccccc5)c5ccccc5-c5ccccc54)c3)c3c(-c4ccccc4-c4ccccc4)c4ccccc4c4ccccc34)cc2)cc1. The van der Waals surface area contributed by atoms with Crippen LogP contribution in [0.3, 0.4) is 0 Å². The molecule has 12 aromatic carbocycles. The molecule has 0 atom stereocenters. The van der Waals surface area contributed by atoms with Crippen LogP contribution >= 0.6 is 0 Å². The van der Waals surface area contributed by atoms with Gasteiger partial charge in [0.15, 0.2) is 0 Å². The Morgan fingerprint density at radius 1 is 0.243 bits per heavy atom. The Bertz CT molecular complexity index is 3830. The first-order chi connectivity index (χ1) is 34.8. The molecule has 0 aromatic heterocycles. The molecule has 0 amide bonds. The number of rotatable bonds is 9. The van der Waals surface area contributed by atoms with Crippen molar-refractivity contribution >= 4 is 38.6 Å². The molecule has 0 spiro atoms. The average molecular weight is 890 g/mol. The topological polar surface area (TPSA) is 3.24 Å². The maximum absolute atomic E-state index is 2.55. The predicted octanol–water partition coefficient (Wildman–Crippen LogP) is 18.5. The first-order valence-corrected chi connectivity index (χ1v) is 24.3. The van der Waals surface area contributed by atoms with Crippen LogP contribution in [0.15, 0.2) is 285 Å². The molecule has 0 fully saturated rings. The first-order valence-electron chi connectivity index (χ1n) is 24.3.